The van der Waals surface area contributed by atoms with Gasteiger partial charge >= 0.3 is 6.18 Å². The van der Waals surface area contributed by atoms with E-state index < -0.39 is 11.7 Å². The van der Waals surface area contributed by atoms with Crippen LogP contribution in [0.4, 0.5) is 13.2 Å². The van der Waals surface area contributed by atoms with Crippen LogP contribution in [0.1, 0.15) is 29.2 Å². The lowest BCUT2D eigenvalue weighted by Crippen LogP contribution is -2.07. The Bertz CT molecular complexity index is 936. The highest BCUT2D eigenvalue weighted by Gasteiger charge is 2.30. The molecule has 0 aliphatic heterocycles. The maximum atomic E-state index is 13.0. The monoisotopic (exact) mass is 409 g/mol. The molecular weight excluding hydrogens is 391 g/mol. The minimum absolute atomic E-state index is 0.0227. The van der Waals surface area contributed by atoms with Crippen molar-refractivity contribution in [3.05, 3.63) is 77.0 Å². The van der Waals surface area contributed by atoms with Crippen LogP contribution >= 0.6 is 11.8 Å². The summed E-state index contributed by atoms with van der Waals surface area (Å²) in [5, 5.41) is 9.15. The highest BCUT2D eigenvalue weighted by molar-refractivity contribution is 8.14. The normalized spacial score (nSPS) is 13.1. The largest absolute Gasteiger partial charge is 0.515 e. The van der Waals surface area contributed by atoms with E-state index in [9.17, 15) is 23.1 Å². The fraction of sp³-hybridized carbons (Fsp3) is 0.150. The van der Waals surface area contributed by atoms with Crippen LogP contribution in [0.5, 0.6) is 0 Å². The number of rotatable bonds is 5. The summed E-state index contributed by atoms with van der Waals surface area (Å²) in [6, 6.07) is 11.3. The third-order valence-electron chi connectivity index (χ3n) is 4.08. The van der Waals surface area contributed by atoms with Crippen molar-refractivity contribution < 1.29 is 27.9 Å². The van der Waals surface area contributed by atoms with E-state index in [0.29, 0.717) is 23.0 Å². The standard InChI is InChI=1S/C20H18F3NO3S/c1-12(13-6-5-7-14(10-13)20(21,22)23)18(27-24)16-9-4-3-8-15(16)17(11-25)19(26)28-2/h3-11,25H,24H2,1-2H3. The Kier molecular flexibility index (Phi) is 6.93. The molecule has 2 aromatic carbocycles. The van der Waals surface area contributed by atoms with Crippen molar-refractivity contribution in [2.45, 2.75) is 13.1 Å². The van der Waals surface area contributed by atoms with Gasteiger partial charge in [-0.3, -0.25) is 4.79 Å². The lowest BCUT2D eigenvalue weighted by molar-refractivity contribution is -0.137. The molecule has 0 atom stereocenters. The molecule has 0 spiro atoms. The molecule has 2 aromatic rings. The van der Waals surface area contributed by atoms with E-state index in [4.69, 9.17) is 10.7 Å². The van der Waals surface area contributed by atoms with Crippen molar-refractivity contribution in [3.8, 4) is 0 Å². The molecular formula is C20H18F3NO3S. The summed E-state index contributed by atoms with van der Waals surface area (Å²) in [5.74, 6) is 5.52. The molecule has 8 heteroatoms. The van der Waals surface area contributed by atoms with Gasteiger partial charge in [0.1, 0.15) is 0 Å². The van der Waals surface area contributed by atoms with E-state index in [2.05, 4.69) is 0 Å². The number of aliphatic hydroxyl groups excluding tert-OH is 1. The molecule has 0 heterocycles. The summed E-state index contributed by atoms with van der Waals surface area (Å²) in [7, 11) is 0. The second-order valence-corrected chi connectivity index (χ2v) is 6.51. The Hall–Kier alpha value is -2.71. The van der Waals surface area contributed by atoms with Crippen LogP contribution < -0.4 is 5.90 Å². The number of carbonyl (C=O) groups excluding carboxylic acids is 1. The molecule has 148 valence electrons. The highest BCUT2D eigenvalue weighted by atomic mass is 32.2. The molecule has 0 saturated heterocycles. The SMILES string of the molecule is CSC(=O)C(=CO)c1ccccc1C(ON)=C(C)c1cccc(C(F)(F)F)c1. The zero-order chi connectivity index (χ0) is 20.9. The summed E-state index contributed by atoms with van der Waals surface area (Å²) in [6.45, 7) is 1.56. The summed E-state index contributed by atoms with van der Waals surface area (Å²) in [5.41, 5.74) is 0.529. The van der Waals surface area contributed by atoms with Crippen molar-refractivity contribution in [2.24, 2.45) is 5.90 Å². The Morgan fingerprint density at radius 1 is 1.14 bits per heavy atom. The zero-order valence-electron chi connectivity index (χ0n) is 15.1. The minimum atomic E-state index is -4.49. The third kappa shape index (κ3) is 4.58. The van der Waals surface area contributed by atoms with Gasteiger partial charge in [0.05, 0.1) is 17.4 Å². The van der Waals surface area contributed by atoms with Crippen molar-refractivity contribution in [1.82, 2.24) is 0 Å². The summed E-state index contributed by atoms with van der Waals surface area (Å²) in [4.78, 5) is 17.1. The smallest absolute Gasteiger partial charge is 0.416 e. The van der Waals surface area contributed by atoms with Gasteiger partial charge in [-0.05, 0) is 30.9 Å². The van der Waals surface area contributed by atoms with Crippen LogP contribution in [-0.2, 0) is 15.8 Å². The van der Waals surface area contributed by atoms with Crippen molar-refractivity contribution >= 4 is 33.8 Å². The maximum absolute atomic E-state index is 13.0. The average Bonchev–Trinajstić information content (AvgIpc) is 2.69. The molecule has 0 radical (unpaired) electrons. The van der Waals surface area contributed by atoms with Gasteiger partial charge in [0.2, 0.25) is 5.12 Å². The predicted molar refractivity (Wildman–Crippen MR) is 105 cm³/mol. The number of alkyl halides is 3. The van der Waals surface area contributed by atoms with Crippen LogP contribution in [-0.4, -0.2) is 16.5 Å². The maximum Gasteiger partial charge on any atom is 0.416 e. The van der Waals surface area contributed by atoms with Crippen LogP contribution in [0.15, 0.2) is 54.8 Å². The molecule has 0 unspecified atom stereocenters. The minimum Gasteiger partial charge on any atom is -0.515 e. The molecule has 0 aliphatic carbocycles. The number of hydrogen-bond donors (Lipinski definition) is 2. The van der Waals surface area contributed by atoms with Gasteiger partial charge in [0.15, 0.2) is 5.76 Å². The highest BCUT2D eigenvalue weighted by Crippen LogP contribution is 2.35. The van der Waals surface area contributed by atoms with E-state index in [1.165, 1.54) is 12.1 Å². The van der Waals surface area contributed by atoms with Crippen LogP contribution in [0.3, 0.4) is 0 Å². The number of aliphatic hydroxyl groups is 1. The summed E-state index contributed by atoms with van der Waals surface area (Å²) in [6.07, 6.45) is -2.24. The van der Waals surface area contributed by atoms with Crippen molar-refractivity contribution in [3.63, 3.8) is 0 Å². The van der Waals surface area contributed by atoms with Crippen molar-refractivity contribution in [1.29, 1.82) is 0 Å². The number of thioether (sulfide) groups is 1. The average molecular weight is 409 g/mol. The number of benzene rings is 2. The molecule has 4 nitrogen and oxygen atoms in total. The Labute approximate surface area is 164 Å². The Morgan fingerprint density at radius 2 is 1.79 bits per heavy atom. The zero-order valence-corrected chi connectivity index (χ0v) is 15.9. The van der Waals surface area contributed by atoms with Crippen LogP contribution in [0.2, 0.25) is 0 Å². The molecule has 3 N–H and O–H groups in total. The Balaban J connectivity index is 2.68. The first-order valence-corrected chi connectivity index (χ1v) is 9.24. The van der Waals surface area contributed by atoms with Crippen LogP contribution in [0.25, 0.3) is 16.9 Å². The first kappa shape index (κ1) is 21.6. The van der Waals surface area contributed by atoms with E-state index in [1.54, 1.807) is 37.4 Å². The number of allylic oxidation sites excluding steroid dienone is 1. The third-order valence-corrected chi connectivity index (χ3v) is 4.67. The number of halogens is 3. The molecule has 0 bridgehead atoms. The van der Waals surface area contributed by atoms with Crippen LogP contribution in [0, 0.1) is 0 Å². The molecule has 0 aliphatic rings. The van der Waals surface area contributed by atoms with E-state index >= 15 is 0 Å². The van der Waals surface area contributed by atoms with E-state index in [1.807, 2.05) is 0 Å². The predicted octanol–water partition coefficient (Wildman–Crippen LogP) is 5.27. The van der Waals surface area contributed by atoms with Gasteiger partial charge < -0.3 is 9.94 Å². The van der Waals surface area contributed by atoms with Crippen molar-refractivity contribution in [2.75, 3.05) is 6.26 Å². The molecule has 2 rings (SSSR count). The Morgan fingerprint density at radius 3 is 2.32 bits per heavy atom. The second kappa shape index (κ2) is 8.99. The number of nitrogens with two attached hydrogens (primary N) is 1. The molecule has 0 saturated carbocycles. The van der Waals surface area contributed by atoms with Gasteiger partial charge in [-0.1, -0.05) is 48.2 Å². The topological polar surface area (TPSA) is 72.5 Å². The number of carbonyl (C=O) groups is 1. The van der Waals surface area contributed by atoms with Gasteiger partial charge in [0, 0.05) is 16.7 Å². The van der Waals surface area contributed by atoms with E-state index in [-0.39, 0.29) is 22.0 Å². The van der Waals surface area contributed by atoms with Gasteiger partial charge in [-0.2, -0.15) is 19.1 Å². The first-order chi connectivity index (χ1) is 13.2. The van der Waals surface area contributed by atoms with Gasteiger partial charge in [-0.15, -0.1) is 0 Å². The molecule has 0 aromatic heterocycles. The fourth-order valence-corrected chi connectivity index (χ4v) is 3.05. The van der Waals surface area contributed by atoms with Gasteiger partial charge in [0.25, 0.3) is 0 Å². The van der Waals surface area contributed by atoms with Gasteiger partial charge in [-0.25, -0.2) is 0 Å². The number of hydrogen-bond acceptors (Lipinski definition) is 5. The fourth-order valence-electron chi connectivity index (χ4n) is 2.67. The van der Waals surface area contributed by atoms with E-state index in [0.717, 1.165) is 23.9 Å². The molecule has 0 amide bonds. The lowest BCUT2D eigenvalue weighted by Gasteiger charge is -2.16. The second-order valence-electron chi connectivity index (χ2n) is 5.73. The summed E-state index contributed by atoms with van der Waals surface area (Å²) >= 11 is 0.909. The first-order valence-electron chi connectivity index (χ1n) is 8.02. The quantitative estimate of drug-likeness (QED) is 0.305. The molecule has 0 fully saturated rings. The summed E-state index contributed by atoms with van der Waals surface area (Å²) < 4.78 is 39.1. The molecule has 28 heavy (non-hydrogen) atoms. The lowest BCUT2D eigenvalue weighted by atomic mass is 9.95.